The van der Waals surface area contributed by atoms with Crippen LogP contribution in [0.25, 0.3) is 17.0 Å². The zero-order valence-electron chi connectivity index (χ0n) is 18.9. The van der Waals surface area contributed by atoms with Crippen molar-refractivity contribution in [3.63, 3.8) is 0 Å². The van der Waals surface area contributed by atoms with Crippen LogP contribution in [0.15, 0.2) is 83.9 Å². The van der Waals surface area contributed by atoms with Gasteiger partial charge >= 0.3 is 5.97 Å². The number of rotatable bonds is 6. The van der Waals surface area contributed by atoms with Crippen LogP contribution in [0.3, 0.4) is 0 Å². The van der Waals surface area contributed by atoms with Crippen molar-refractivity contribution in [1.82, 2.24) is 9.47 Å². The summed E-state index contributed by atoms with van der Waals surface area (Å²) in [5.41, 5.74) is 3.79. The van der Waals surface area contributed by atoms with E-state index in [1.807, 2.05) is 41.1 Å². The Balaban J connectivity index is 1.46. The minimum absolute atomic E-state index is 0.0351. The van der Waals surface area contributed by atoms with Gasteiger partial charge in [-0.2, -0.15) is 5.26 Å². The molecule has 1 saturated heterocycles. The predicted octanol–water partition coefficient (Wildman–Crippen LogP) is 5.50. The molecule has 7 nitrogen and oxygen atoms in total. The van der Waals surface area contributed by atoms with Crippen LogP contribution in [-0.2, 0) is 17.9 Å². The molecule has 0 saturated carbocycles. The Morgan fingerprint density at radius 3 is 2.58 bits per heavy atom. The lowest BCUT2D eigenvalue weighted by Crippen LogP contribution is -2.27. The minimum atomic E-state index is -0.983. The number of aromatic nitrogens is 1. The van der Waals surface area contributed by atoms with E-state index < -0.39 is 11.9 Å². The van der Waals surface area contributed by atoms with Crippen LogP contribution in [0.1, 0.15) is 32.6 Å². The molecule has 1 aliphatic rings. The van der Waals surface area contributed by atoms with E-state index in [1.165, 1.54) is 0 Å². The monoisotopic (exact) mass is 493 g/mol. The smallest absolute Gasteiger partial charge is 0.335 e. The van der Waals surface area contributed by atoms with E-state index in [2.05, 4.69) is 6.07 Å². The van der Waals surface area contributed by atoms with E-state index in [9.17, 15) is 24.8 Å². The normalized spacial score (nSPS) is 14.5. The third-order valence-corrected chi connectivity index (χ3v) is 6.88. The highest BCUT2D eigenvalue weighted by Gasteiger charge is 2.35. The molecule has 1 aromatic heterocycles. The molecule has 0 spiro atoms. The number of benzene rings is 3. The van der Waals surface area contributed by atoms with Crippen LogP contribution in [-0.4, -0.2) is 31.7 Å². The summed E-state index contributed by atoms with van der Waals surface area (Å²) >= 11 is 0.877. The fraction of sp³-hybridized carbons (Fsp3) is 0.0714. The SMILES string of the molecule is N#Cc1ccccc1CN1C(=O)S/C(=C\c2cn(Cc3cccc(C(=O)O)c3)c3ccccc23)C1=O. The largest absolute Gasteiger partial charge is 0.478 e. The third kappa shape index (κ3) is 4.40. The number of hydrogen-bond acceptors (Lipinski definition) is 5. The quantitative estimate of drug-likeness (QED) is 0.356. The first-order chi connectivity index (χ1) is 17.4. The lowest BCUT2D eigenvalue weighted by molar-refractivity contribution is -0.123. The molecule has 1 fully saturated rings. The van der Waals surface area contributed by atoms with Crippen molar-refractivity contribution in [2.75, 3.05) is 0 Å². The highest BCUT2D eigenvalue weighted by atomic mass is 32.2. The highest BCUT2D eigenvalue weighted by Crippen LogP contribution is 2.35. The molecule has 1 N–H and O–H groups in total. The number of nitrogens with zero attached hydrogens (tertiary/aromatic N) is 3. The van der Waals surface area contributed by atoms with Crippen molar-refractivity contribution in [3.05, 3.63) is 112 Å². The third-order valence-electron chi connectivity index (χ3n) is 5.97. The van der Waals surface area contributed by atoms with Gasteiger partial charge in [0.25, 0.3) is 11.1 Å². The highest BCUT2D eigenvalue weighted by molar-refractivity contribution is 8.18. The number of aromatic carboxylic acids is 1. The summed E-state index contributed by atoms with van der Waals surface area (Å²) in [6, 6.07) is 23.5. The van der Waals surface area contributed by atoms with Crippen molar-refractivity contribution in [1.29, 1.82) is 5.26 Å². The van der Waals surface area contributed by atoms with Gasteiger partial charge in [0.05, 0.1) is 28.6 Å². The summed E-state index contributed by atoms with van der Waals surface area (Å²) in [5, 5.41) is 19.2. The number of carbonyl (C=O) groups is 3. The van der Waals surface area contributed by atoms with Crippen LogP contribution in [0.4, 0.5) is 4.79 Å². The number of thioether (sulfide) groups is 1. The fourth-order valence-corrected chi connectivity index (χ4v) is 5.06. The van der Waals surface area contributed by atoms with E-state index in [-0.39, 0.29) is 17.3 Å². The van der Waals surface area contributed by atoms with Crippen molar-refractivity contribution in [2.24, 2.45) is 0 Å². The lowest BCUT2D eigenvalue weighted by Gasteiger charge is -2.13. The Kier molecular flexibility index (Phi) is 6.15. The Morgan fingerprint density at radius 1 is 1.00 bits per heavy atom. The Morgan fingerprint density at radius 2 is 1.78 bits per heavy atom. The number of fused-ring (bicyclic) bond motifs is 1. The molecule has 4 aromatic rings. The standard InChI is InChI=1S/C28H19N3O4S/c29-14-20-7-1-2-8-21(20)17-31-26(32)25(36-28(31)35)13-22-16-30(24-11-4-3-10-23(22)24)15-18-6-5-9-19(12-18)27(33)34/h1-13,16H,15,17H2,(H,33,34)/b25-13-. The molecule has 2 heterocycles. The van der Waals surface area contributed by atoms with Crippen molar-refractivity contribution >= 4 is 45.9 Å². The number of carboxylic acid groups (broad SMARTS) is 1. The van der Waals surface area contributed by atoms with Crippen molar-refractivity contribution < 1.29 is 19.5 Å². The van der Waals surface area contributed by atoms with Gasteiger partial charge in [0.2, 0.25) is 0 Å². The maximum atomic E-state index is 13.1. The van der Waals surface area contributed by atoms with Gasteiger partial charge in [0.1, 0.15) is 0 Å². The second-order valence-corrected chi connectivity index (χ2v) is 9.27. The lowest BCUT2D eigenvalue weighted by atomic mass is 10.1. The molecule has 3 aromatic carbocycles. The molecule has 0 unspecified atom stereocenters. The summed E-state index contributed by atoms with van der Waals surface area (Å²) in [6.07, 6.45) is 3.62. The summed E-state index contributed by atoms with van der Waals surface area (Å²) in [6.45, 7) is 0.481. The zero-order valence-corrected chi connectivity index (χ0v) is 19.7. The van der Waals surface area contributed by atoms with Gasteiger partial charge in [-0.1, -0.05) is 48.5 Å². The van der Waals surface area contributed by atoms with Crippen LogP contribution in [0.5, 0.6) is 0 Å². The van der Waals surface area contributed by atoms with Crippen molar-refractivity contribution in [3.8, 4) is 6.07 Å². The van der Waals surface area contributed by atoms with E-state index >= 15 is 0 Å². The average Bonchev–Trinajstić information content (AvgIpc) is 3.36. The van der Waals surface area contributed by atoms with Gasteiger partial charge in [-0.25, -0.2) is 4.79 Å². The molecule has 0 atom stereocenters. The molecule has 176 valence electrons. The first-order valence-corrected chi connectivity index (χ1v) is 11.9. The number of amides is 2. The molecule has 2 amide bonds. The van der Waals surface area contributed by atoms with Crippen LogP contribution < -0.4 is 0 Å². The average molecular weight is 494 g/mol. The summed E-state index contributed by atoms with van der Waals surface area (Å²) in [5.74, 6) is -1.38. The van der Waals surface area contributed by atoms with E-state index in [0.29, 0.717) is 22.6 Å². The number of carboxylic acids is 1. The fourth-order valence-electron chi connectivity index (χ4n) is 4.24. The van der Waals surface area contributed by atoms with Crippen LogP contribution >= 0.6 is 11.8 Å². The number of carbonyl (C=O) groups excluding carboxylic acids is 2. The van der Waals surface area contributed by atoms with Gasteiger partial charge in [-0.3, -0.25) is 14.5 Å². The molecule has 0 aliphatic carbocycles. The van der Waals surface area contributed by atoms with Gasteiger partial charge in [0.15, 0.2) is 0 Å². The van der Waals surface area contributed by atoms with Crippen LogP contribution in [0.2, 0.25) is 0 Å². The van der Waals surface area contributed by atoms with Crippen LogP contribution in [0, 0.1) is 11.3 Å². The summed E-state index contributed by atoms with van der Waals surface area (Å²) in [4.78, 5) is 38.6. The topological polar surface area (TPSA) is 103 Å². The van der Waals surface area contributed by atoms with Gasteiger partial charge in [0, 0.05) is 29.2 Å². The molecule has 5 rings (SSSR count). The Bertz CT molecular complexity index is 1610. The zero-order chi connectivity index (χ0) is 25.2. The number of para-hydroxylation sites is 1. The maximum Gasteiger partial charge on any atom is 0.335 e. The number of hydrogen-bond donors (Lipinski definition) is 1. The molecule has 0 radical (unpaired) electrons. The van der Waals surface area contributed by atoms with E-state index in [4.69, 9.17) is 0 Å². The Labute approximate surface area is 210 Å². The molecular formula is C28H19N3O4S. The Hall–Kier alpha value is -4.61. The number of nitriles is 1. The second kappa shape index (κ2) is 9.56. The molecule has 36 heavy (non-hydrogen) atoms. The van der Waals surface area contributed by atoms with Gasteiger partial charge in [-0.05, 0) is 53.2 Å². The predicted molar refractivity (Wildman–Crippen MR) is 137 cm³/mol. The molecular weight excluding hydrogens is 474 g/mol. The van der Waals surface area contributed by atoms with Crippen molar-refractivity contribution in [2.45, 2.75) is 13.1 Å². The molecule has 1 aliphatic heterocycles. The first-order valence-electron chi connectivity index (χ1n) is 11.1. The van der Waals surface area contributed by atoms with E-state index in [0.717, 1.165) is 38.7 Å². The summed E-state index contributed by atoms with van der Waals surface area (Å²) in [7, 11) is 0. The van der Waals surface area contributed by atoms with E-state index in [1.54, 1.807) is 48.5 Å². The first kappa shape index (κ1) is 23.1. The minimum Gasteiger partial charge on any atom is -0.478 e. The number of imide groups is 1. The second-order valence-electron chi connectivity index (χ2n) is 8.27. The van der Waals surface area contributed by atoms with Gasteiger partial charge < -0.3 is 9.67 Å². The summed E-state index contributed by atoms with van der Waals surface area (Å²) < 4.78 is 2.00. The van der Waals surface area contributed by atoms with Gasteiger partial charge in [-0.15, -0.1) is 0 Å². The molecule has 0 bridgehead atoms. The maximum absolute atomic E-state index is 13.1. The molecule has 8 heteroatoms.